The molecule has 9 heteroatoms. The molecule has 0 bridgehead atoms. The third-order valence-corrected chi connectivity index (χ3v) is 3.36. The summed E-state index contributed by atoms with van der Waals surface area (Å²) in [6.45, 7) is 2.33. The molecule has 0 radical (unpaired) electrons. The number of hydrogen-bond acceptors (Lipinski definition) is 6. The SMILES string of the molecule is CC(=O)c1c[nH]c(C(=O)OCC(=O)Nc2c(C)cccc2[N+](=O)[O-])c1. The zero-order valence-electron chi connectivity index (χ0n) is 13.5. The molecule has 0 fully saturated rings. The molecule has 1 aromatic carbocycles. The van der Waals surface area contributed by atoms with Crippen molar-refractivity contribution in [2.75, 3.05) is 11.9 Å². The molecule has 0 spiro atoms. The number of H-pyrrole nitrogens is 1. The number of aromatic nitrogens is 1. The average molecular weight is 345 g/mol. The Kier molecular flexibility index (Phi) is 5.28. The second-order valence-electron chi connectivity index (χ2n) is 5.21. The van der Waals surface area contributed by atoms with Crippen LogP contribution in [0.3, 0.4) is 0 Å². The maximum absolute atomic E-state index is 11.9. The van der Waals surface area contributed by atoms with Crippen LogP contribution in [0, 0.1) is 17.0 Å². The fourth-order valence-electron chi connectivity index (χ4n) is 2.07. The summed E-state index contributed by atoms with van der Waals surface area (Å²) in [6, 6.07) is 5.68. The highest BCUT2D eigenvalue weighted by atomic mass is 16.6. The number of para-hydroxylation sites is 1. The number of benzene rings is 1. The number of nitro groups is 1. The van der Waals surface area contributed by atoms with E-state index in [2.05, 4.69) is 10.3 Å². The summed E-state index contributed by atoms with van der Waals surface area (Å²) >= 11 is 0. The second-order valence-corrected chi connectivity index (χ2v) is 5.21. The molecule has 0 saturated carbocycles. The fraction of sp³-hybridized carbons (Fsp3) is 0.188. The van der Waals surface area contributed by atoms with Gasteiger partial charge in [-0.15, -0.1) is 0 Å². The number of nitrogens with zero attached hydrogens (tertiary/aromatic N) is 1. The molecule has 2 aromatic rings. The maximum atomic E-state index is 11.9. The van der Waals surface area contributed by atoms with Gasteiger partial charge in [-0.1, -0.05) is 12.1 Å². The molecule has 1 amide bonds. The van der Waals surface area contributed by atoms with Crippen LogP contribution < -0.4 is 5.32 Å². The zero-order valence-corrected chi connectivity index (χ0v) is 13.5. The predicted octanol–water partition coefficient (Wildman–Crippen LogP) is 2.23. The van der Waals surface area contributed by atoms with Crippen LogP contribution in [0.5, 0.6) is 0 Å². The number of ketones is 1. The number of nitro benzene ring substituents is 1. The molecule has 9 nitrogen and oxygen atoms in total. The molecule has 1 heterocycles. The minimum absolute atomic E-state index is 0.0277. The van der Waals surface area contributed by atoms with Gasteiger partial charge in [0, 0.05) is 17.8 Å². The Hall–Kier alpha value is -3.49. The van der Waals surface area contributed by atoms with Crippen molar-refractivity contribution < 1.29 is 24.0 Å². The fourth-order valence-corrected chi connectivity index (χ4v) is 2.07. The van der Waals surface area contributed by atoms with Gasteiger partial charge in [-0.25, -0.2) is 4.79 Å². The van der Waals surface area contributed by atoms with Crippen molar-refractivity contribution in [2.24, 2.45) is 0 Å². The highest BCUT2D eigenvalue weighted by molar-refractivity contribution is 5.99. The lowest BCUT2D eigenvalue weighted by Crippen LogP contribution is -2.22. The summed E-state index contributed by atoms with van der Waals surface area (Å²) < 4.78 is 4.83. The van der Waals surface area contributed by atoms with E-state index in [-0.39, 0.29) is 22.9 Å². The van der Waals surface area contributed by atoms with Crippen molar-refractivity contribution in [1.82, 2.24) is 4.98 Å². The van der Waals surface area contributed by atoms with E-state index < -0.39 is 23.4 Å². The number of esters is 1. The van der Waals surface area contributed by atoms with E-state index >= 15 is 0 Å². The summed E-state index contributed by atoms with van der Waals surface area (Å²) in [5.41, 5.74) is 0.638. The Morgan fingerprint density at radius 3 is 2.64 bits per heavy atom. The second kappa shape index (κ2) is 7.39. The lowest BCUT2D eigenvalue weighted by Gasteiger charge is -2.09. The topological polar surface area (TPSA) is 131 Å². The van der Waals surface area contributed by atoms with Crippen LogP contribution >= 0.6 is 0 Å². The number of aryl methyl sites for hydroxylation is 1. The zero-order chi connectivity index (χ0) is 18.6. The van der Waals surface area contributed by atoms with Gasteiger partial charge in [0.15, 0.2) is 12.4 Å². The van der Waals surface area contributed by atoms with Crippen molar-refractivity contribution in [3.05, 3.63) is 57.4 Å². The first kappa shape index (κ1) is 17.9. The van der Waals surface area contributed by atoms with Crippen molar-refractivity contribution >= 4 is 29.0 Å². The highest BCUT2D eigenvalue weighted by Gasteiger charge is 2.19. The normalized spacial score (nSPS) is 10.2. The molecular weight excluding hydrogens is 330 g/mol. The molecule has 0 aliphatic heterocycles. The van der Waals surface area contributed by atoms with E-state index in [4.69, 9.17) is 4.74 Å². The smallest absolute Gasteiger partial charge is 0.355 e. The largest absolute Gasteiger partial charge is 0.451 e. The van der Waals surface area contributed by atoms with Gasteiger partial charge in [0.25, 0.3) is 11.6 Å². The Morgan fingerprint density at radius 2 is 2.04 bits per heavy atom. The van der Waals surface area contributed by atoms with Crippen LogP contribution in [-0.2, 0) is 9.53 Å². The van der Waals surface area contributed by atoms with Gasteiger partial charge in [-0.05, 0) is 25.5 Å². The molecular formula is C16H15N3O6. The highest BCUT2D eigenvalue weighted by Crippen LogP contribution is 2.27. The Morgan fingerprint density at radius 1 is 1.32 bits per heavy atom. The number of hydrogen-bond donors (Lipinski definition) is 2. The van der Waals surface area contributed by atoms with E-state index in [1.54, 1.807) is 13.0 Å². The van der Waals surface area contributed by atoms with Gasteiger partial charge in [-0.3, -0.25) is 19.7 Å². The summed E-state index contributed by atoms with van der Waals surface area (Å²) in [5.74, 6) is -1.76. The first-order valence-electron chi connectivity index (χ1n) is 7.20. The van der Waals surface area contributed by atoms with Gasteiger partial charge in [0.1, 0.15) is 11.4 Å². The standard InChI is InChI=1S/C16H15N3O6/c1-9-4-3-5-13(19(23)24)15(9)18-14(21)8-25-16(22)12-6-11(7-17-12)10(2)20/h3-7,17H,8H2,1-2H3,(H,18,21). The Labute approximate surface area is 142 Å². The molecule has 2 rings (SSSR count). The first-order chi connectivity index (χ1) is 11.8. The summed E-state index contributed by atoms with van der Waals surface area (Å²) in [5, 5.41) is 13.4. The average Bonchev–Trinajstić information content (AvgIpc) is 3.04. The summed E-state index contributed by atoms with van der Waals surface area (Å²) in [6.07, 6.45) is 1.36. The van der Waals surface area contributed by atoms with Crippen LogP contribution in [0.25, 0.3) is 0 Å². The van der Waals surface area contributed by atoms with E-state index in [0.717, 1.165) is 0 Å². The summed E-state index contributed by atoms with van der Waals surface area (Å²) in [7, 11) is 0. The molecule has 0 unspecified atom stereocenters. The third-order valence-electron chi connectivity index (χ3n) is 3.36. The molecule has 1 aromatic heterocycles. The van der Waals surface area contributed by atoms with Gasteiger partial charge >= 0.3 is 5.97 Å². The quantitative estimate of drug-likeness (QED) is 0.357. The Balaban J connectivity index is 2.00. The monoisotopic (exact) mass is 345 g/mol. The number of carbonyl (C=O) groups is 3. The number of rotatable bonds is 6. The number of nitrogens with one attached hydrogen (secondary N) is 2. The maximum Gasteiger partial charge on any atom is 0.355 e. The van der Waals surface area contributed by atoms with Crippen molar-refractivity contribution in [3.8, 4) is 0 Å². The van der Waals surface area contributed by atoms with E-state index in [9.17, 15) is 24.5 Å². The molecule has 130 valence electrons. The van der Waals surface area contributed by atoms with Gasteiger partial charge in [0.2, 0.25) is 0 Å². The third kappa shape index (κ3) is 4.28. The van der Waals surface area contributed by atoms with E-state index in [0.29, 0.717) is 11.1 Å². The Bertz CT molecular complexity index is 855. The van der Waals surface area contributed by atoms with Gasteiger partial charge in [-0.2, -0.15) is 0 Å². The van der Waals surface area contributed by atoms with Gasteiger partial charge in [0.05, 0.1) is 4.92 Å². The molecule has 0 aliphatic carbocycles. The molecule has 2 N–H and O–H groups in total. The minimum atomic E-state index is -0.818. The van der Waals surface area contributed by atoms with E-state index in [1.165, 1.54) is 31.3 Å². The van der Waals surface area contributed by atoms with Crippen molar-refractivity contribution in [1.29, 1.82) is 0 Å². The molecule has 25 heavy (non-hydrogen) atoms. The summed E-state index contributed by atoms with van der Waals surface area (Å²) in [4.78, 5) is 47.9. The lowest BCUT2D eigenvalue weighted by molar-refractivity contribution is -0.384. The van der Waals surface area contributed by atoms with Crippen LogP contribution in [0.15, 0.2) is 30.5 Å². The van der Waals surface area contributed by atoms with E-state index in [1.807, 2.05) is 0 Å². The number of carbonyl (C=O) groups excluding carboxylic acids is 3. The van der Waals surface area contributed by atoms with Crippen molar-refractivity contribution in [3.63, 3.8) is 0 Å². The predicted molar refractivity (Wildman–Crippen MR) is 87.5 cm³/mol. The first-order valence-corrected chi connectivity index (χ1v) is 7.20. The van der Waals surface area contributed by atoms with Gasteiger partial charge < -0.3 is 15.0 Å². The molecule has 0 aliphatic rings. The molecule has 0 atom stereocenters. The lowest BCUT2D eigenvalue weighted by atomic mass is 10.1. The van der Waals surface area contributed by atoms with Crippen LogP contribution in [0.4, 0.5) is 11.4 Å². The molecule has 0 saturated heterocycles. The number of amides is 1. The van der Waals surface area contributed by atoms with Crippen molar-refractivity contribution in [2.45, 2.75) is 13.8 Å². The van der Waals surface area contributed by atoms with Crippen LogP contribution in [0.1, 0.15) is 33.3 Å². The van der Waals surface area contributed by atoms with Crippen LogP contribution in [0.2, 0.25) is 0 Å². The number of aromatic amines is 1. The number of ether oxygens (including phenoxy) is 1. The number of anilines is 1. The number of Topliss-reactive ketones (excluding diaryl/α,β-unsaturated/α-hetero) is 1. The van der Waals surface area contributed by atoms with Crippen LogP contribution in [-0.4, -0.2) is 34.2 Å². The minimum Gasteiger partial charge on any atom is -0.451 e.